The van der Waals surface area contributed by atoms with E-state index < -0.39 is 0 Å². The Kier molecular flexibility index (Phi) is 5.70. The Morgan fingerprint density at radius 1 is 1.67 bits per heavy atom. The Labute approximate surface area is 87.6 Å². The fourth-order valence-electron chi connectivity index (χ4n) is 1.03. The van der Waals surface area contributed by atoms with Crippen molar-refractivity contribution in [3.8, 4) is 0 Å². The van der Waals surface area contributed by atoms with Crippen LogP contribution in [-0.2, 0) is 13.0 Å². The van der Waals surface area contributed by atoms with Gasteiger partial charge in [-0.05, 0) is 13.8 Å². The average molecular weight is 252 g/mol. The number of thiazole rings is 1. The van der Waals surface area contributed by atoms with Gasteiger partial charge in [0.2, 0.25) is 5.01 Å². The highest BCUT2D eigenvalue weighted by molar-refractivity contribution is 7.09. The molecule has 0 aliphatic heterocycles. The van der Waals surface area contributed by atoms with Gasteiger partial charge in [-0.3, -0.25) is 0 Å². The Bertz CT molecular complexity index is 225. The number of hydrogen-bond donors (Lipinski definition) is 1. The molecule has 1 rings (SSSR count). The van der Waals surface area contributed by atoms with Gasteiger partial charge in [0.15, 0.2) is 6.20 Å². The number of aliphatic hydroxyl groups is 1. The molecule has 4 heteroatoms. The van der Waals surface area contributed by atoms with Crippen LogP contribution in [0.25, 0.3) is 0 Å². The molecule has 2 nitrogen and oxygen atoms in total. The standard InChI is InChI=1S/C8H14NOS.BrH/c1-3-9-4-5-11-8(9)6-7(2)10;/h4-5,7,10H,3,6H2,1-2H3;1H/q+1;/p-1. The van der Waals surface area contributed by atoms with E-state index >= 15 is 0 Å². The van der Waals surface area contributed by atoms with Crippen molar-refractivity contribution in [2.24, 2.45) is 0 Å². The van der Waals surface area contributed by atoms with Gasteiger partial charge >= 0.3 is 0 Å². The van der Waals surface area contributed by atoms with Crippen LogP contribution in [-0.4, -0.2) is 11.2 Å². The lowest BCUT2D eigenvalue weighted by Crippen LogP contribution is -3.00. The Morgan fingerprint density at radius 3 is 2.83 bits per heavy atom. The summed E-state index contributed by atoms with van der Waals surface area (Å²) in [5.74, 6) is 0. The van der Waals surface area contributed by atoms with E-state index in [0.717, 1.165) is 13.0 Å². The predicted molar refractivity (Wildman–Crippen MR) is 45.6 cm³/mol. The number of aliphatic hydroxyl groups excluding tert-OH is 1. The fraction of sp³-hybridized carbons (Fsp3) is 0.625. The number of aryl methyl sites for hydroxylation is 1. The molecular formula is C8H14BrNOS. The molecule has 0 radical (unpaired) electrons. The zero-order valence-corrected chi connectivity index (χ0v) is 9.73. The molecular weight excluding hydrogens is 238 g/mol. The number of nitrogens with zero attached hydrogens (tertiary/aromatic N) is 1. The number of aromatic nitrogens is 1. The quantitative estimate of drug-likeness (QED) is 0.617. The van der Waals surface area contributed by atoms with Crippen LogP contribution in [0.1, 0.15) is 18.9 Å². The van der Waals surface area contributed by atoms with E-state index in [9.17, 15) is 0 Å². The van der Waals surface area contributed by atoms with Gasteiger partial charge in [-0.15, -0.1) is 0 Å². The first-order valence-electron chi connectivity index (χ1n) is 3.88. The molecule has 0 saturated heterocycles. The van der Waals surface area contributed by atoms with E-state index in [1.807, 2.05) is 6.92 Å². The average Bonchev–Trinajstić information content (AvgIpc) is 2.34. The Hall–Kier alpha value is 0.0700. The molecule has 0 aromatic carbocycles. The third-order valence-corrected chi connectivity index (χ3v) is 2.51. The van der Waals surface area contributed by atoms with Crippen LogP contribution in [0.3, 0.4) is 0 Å². The summed E-state index contributed by atoms with van der Waals surface area (Å²) in [6, 6.07) is 0. The number of halogens is 1. The third-order valence-electron chi connectivity index (χ3n) is 1.58. The van der Waals surface area contributed by atoms with Crippen LogP contribution in [0.4, 0.5) is 0 Å². The van der Waals surface area contributed by atoms with Crippen LogP contribution in [0.15, 0.2) is 11.6 Å². The summed E-state index contributed by atoms with van der Waals surface area (Å²) in [5.41, 5.74) is 0. The maximum absolute atomic E-state index is 9.14. The van der Waals surface area contributed by atoms with Gasteiger partial charge < -0.3 is 22.1 Å². The SMILES string of the molecule is CC[n+]1ccsc1CC(C)O.[Br-]. The topological polar surface area (TPSA) is 24.1 Å². The van der Waals surface area contributed by atoms with E-state index in [0.29, 0.717) is 0 Å². The molecule has 0 saturated carbocycles. The van der Waals surface area contributed by atoms with E-state index in [-0.39, 0.29) is 23.1 Å². The summed E-state index contributed by atoms with van der Waals surface area (Å²) < 4.78 is 2.16. The molecule has 1 aromatic rings. The summed E-state index contributed by atoms with van der Waals surface area (Å²) in [4.78, 5) is 0. The van der Waals surface area contributed by atoms with Crippen molar-refractivity contribution in [1.29, 1.82) is 0 Å². The molecule has 1 atom stereocenters. The monoisotopic (exact) mass is 251 g/mol. The molecule has 0 fully saturated rings. The van der Waals surface area contributed by atoms with Gasteiger partial charge in [-0.25, -0.2) is 0 Å². The number of hydrogen-bond acceptors (Lipinski definition) is 2. The molecule has 1 heterocycles. The van der Waals surface area contributed by atoms with Gasteiger partial charge in [-0.2, -0.15) is 4.57 Å². The Morgan fingerprint density at radius 2 is 2.33 bits per heavy atom. The molecule has 0 aliphatic rings. The first-order chi connectivity index (χ1) is 5.24. The first kappa shape index (κ1) is 12.1. The number of rotatable bonds is 3. The normalized spacial score (nSPS) is 12.2. The summed E-state index contributed by atoms with van der Waals surface area (Å²) in [7, 11) is 0. The smallest absolute Gasteiger partial charge is 0.239 e. The molecule has 0 amide bonds. The molecule has 0 bridgehead atoms. The van der Waals surface area contributed by atoms with Gasteiger partial charge in [0.25, 0.3) is 0 Å². The molecule has 0 spiro atoms. The minimum Gasteiger partial charge on any atom is -1.00 e. The predicted octanol–water partition coefficient (Wildman–Crippen LogP) is -2.02. The van der Waals surface area contributed by atoms with Crippen LogP contribution in [0.2, 0.25) is 0 Å². The Balaban J connectivity index is 0.00000121. The van der Waals surface area contributed by atoms with Gasteiger partial charge in [0, 0.05) is 0 Å². The second-order valence-electron chi connectivity index (χ2n) is 2.64. The van der Waals surface area contributed by atoms with Crippen molar-refractivity contribution < 1.29 is 26.7 Å². The highest BCUT2D eigenvalue weighted by Crippen LogP contribution is 2.05. The van der Waals surface area contributed by atoms with Crippen LogP contribution in [0, 0.1) is 0 Å². The lowest BCUT2D eigenvalue weighted by Gasteiger charge is -1.98. The summed E-state index contributed by atoms with van der Waals surface area (Å²) in [6.07, 6.45) is 2.60. The molecule has 1 aromatic heterocycles. The summed E-state index contributed by atoms with van der Waals surface area (Å²) in [6.45, 7) is 4.92. The van der Waals surface area contributed by atoms with Crippen molar-refractivity contribution in [1.82, 2.24) is 0 Å². The fourth-order valence-corrected chi connectivity index (χ4v) is 2.06. The van der Waals surface area contributed by atoms with Crippen molar-refractivity contribution in [2.45, 2.75) is 32.9 Å². The molecule has 70 valence electrons. The van der Waals surface area contributed by atoms with Crippen molar-refractivity contribution in [3.05, 3.63) is 16.6 Å². The van der Waals surface area contributed by atoms with Crippen molar-refractivity contribution >= 4 is 11.3 Å². The van der Waals surface area contributed by atoms with Crippen molar-refractivity contribution in [3.63, 3.8) is 0 Å². The maximum atomic E-state index is 9.14. The lowest BCUT2D eigenvalue weighted by atomic mass is 10.3. The lowest BCUT2D eigenvalue weighted by molar-refractivity contribution is -0.696. The van der Waals surface area contributed by atoms with E-state index in [1.165, 1.54) is 5.01 Å². The van der Waals surface area contributed by atoms with E-state index in [4.69, 9.17) is 5.11 Å². The molecule has 1 unspecified atom stereocenters. The third kappa shape index (κ3) is 3.21. The molecule has 0 aliphatic carbocycles. The second-order valence-corrected chi connectivity index (χ2v) is 3.62. The summed E-state index contributed by atoms with van der Waals surface area (Å²) >= 11 is 1.71. The zero-order valence-electron chi connectivity index (χ0n) is 7.33. The molecule has 1 N–H and O–H groups in total. The van der Waals surface area contributed by atoms with Gasteiger partial charge in [0.1, 0.15) is 6.54 Å². The van der Waals surface area contributed by atoms with E-state index in [2.05, 4.69) is 23.1 Å². The minimum absolute atomic E-state index is 0. The molecule has 12 heavy (non-hydrogen) atoms. The summed E-state index contributed by atoms with van der Waals surface area (Å²) in [5, 5.41) is 12.4. The second kappa shape index (κ2) is 5.67. The van der Waals surface area contributed by atoms with Crippen molar-refractivity contribution in [2.75, 3.05) is 0 Å². The highest BCUT2D eigenvalue weighted by Gasteiger charge is 2.12. The zero-order chi connectivity index (χ0) is 8.27. The highest BCUT2D eigenvalue weighted by atomic mass is 79.9. The first-order valence-corrected chi connectivity index (χ1v) is 4.76. The van der Waals surface area contributed by atoms with Gasteiger partial charge in [-0.1, -0.05) is 11.3 Å². The maximum Gasteiger partial charge on any atom is 0.239 e. The van der Waals surface area contributed by atoms with Crippen LogP contribution in [0.5, 0.6) is 0 Å². The van der Waals surface area contributed by atoms with Crippen LogP contribution < -0.4 is 21.5 Å². The largest absolute Gasteiger partial charge is 1.00 e. The van der Waals surface area contributed by atoms with E-state index in [1.54, 1.807) is 11.3 Å². The van der Waals surface area contributed by atoms with Gasteiger partial charge in [0.05, 0.1) is 17.9 Å². The minimum atomic E-state index is -0.230. The van der Waals surface area contributed by atoms with Crippen LogP contribution >= 0.6 is 11.3 Å².